The molecule has 2 aromatic rings. The number of carboxylic acids is 1. The van der Waals surface area contributed by atoms with Gasteiger partial charge in [0.15, 0.2) is 0 Å². The molecule has 0 fully saturated rings. The van der Waals surface area contributed by atoms with Gasteiger partial charge in [-0.1, -0.05) is 32.1 Å². The number of benzene rings is 1. The molecule has 0 unspecified atom stereocenters. The highest BCUT2D eigenvalue weighted by atomic mass is 32.2. The quantitative estimate of drug-likeness (QED) is 0.548. The number of anilines is 1. The number of carbonyl (C=O) groups is 1. The van der Waals surface area contributed by atoms with Gasteiger partial charge in [0.2, 0.25) is 16.0 Å². The number of aromatic nitrogens is 2. The van der Waals surface area contributed by atoms with Gasteiger partial charge in [-0.25, -0.2) is 31.9 Å². The second-order valence-electron chi connectivity index (χ2n) is 7.47. The Morgan fingerprint density at radius 1 is 1.22 bits per heavy atom. The number of aliphatic carboxylic acids is 1. The van der Waals surface area contributed by atoms with Gasteiger partial charge in [0.1, 0.15) is 5.82 Å². The molecular formula is C22H26FN3O5S. The van der Waals surface area contributed by atoms with E-state index in [4.69, 9.17) is 5.11 Å². The summed E-state index contributed by atoms with van der Waals surface area (Å²) >= 11 is 0. The predicted molar refractivity (Wildman–Crippen MR) is 121 cm³/mol. The van der Waals surface area contributed by atoms with Gasteiger partial charge in [-0.2, -0.15) is 0 Å². The first-order valence-electron chi connectivity index (χ1n) is 9.77. The van der Waals surface area contributed by atoms with Crippen LogP contribution in [0, 0.1) is 5.82 Å². The topological polar surface area (TPSA) is 121 Å². The monoisotopic (exact) mass is 463 g/mol. The minimum absolute atomic E-state index is 0.0300. The summed E-state index contributed by atoms with van der Waals surface area (Å²) < 4.78 is 38.6. The van der Waals surface area contributed by atoms with Crippen LogP contribution in [0.1, 0.15) is 37.4 Å². The molecule has 0 saturated carbocycles. The zero-order valence-corrected chi connectivity index (χ0v) is 19.0. The molecule has 1 aromatic heterocycles. The first kappa shape index (κ1) is 25.2. The van der Waals surface area contributed by atoms with Crippen LogP contribution in [0.5, 0.6) is 0 Å². The molecule has 0 amide bonds. The standard InChI is InChI=1S/C22H26FN3O5S/c1-14(2)20-18(13-12-17(27)6-5-7-19(28)29)21(15-8-10-16(23)11-9-15)25-22(24-20)26(3)32(4,30)31/h5,7-14,17,27H,6H2,1-4H3,(H,28,29)/b7-5?,13-12+/t17-/m0/s1. The molecule has 1 atom stereocenters. The third kappa shape index (κ3) is 6.69. The van der Waals surface area contributed by atoms with E-state index in [0.29, 0.717) is 22.5 Å². The van der Waals surface area contributed by atoms with Gasteiger partial charge in [0, 0.05) is 24.3 Å². The highest BCUT2D eigenvalue weighted by molar-refractivity contribution is 7.92. The van der Waals surface area contributed by atoms with Gasteiger partial charge < -0.3 is 10.2 Å². The molecule has 1 aromatic carbocycles. The summed E-state index contributed by atoms with van der Waals surface area (Å²) in [6, 6.07) is 5.59. The van der Waals surface area contributed by atoms with Crippen LogP contribution in [0.2, 0.25) is 0 Å². The van der Waals surface area contributed by atoms with Gasteiger partial charge in [-0.3, -0.25) is 0 Å². The maximum Gasteiger partial charge on any atom is 0.327 e. The molecule has 0 aliphatic heterocycles. The van der Waals surface area contributed by atoms with Crippen molar-refractivity contribution < 1.29 is 27.8 Å². The number of sulfonamides is 1. The number of aliphatic hydroxyl groups is 1. The van der Waals surface area contributed by atoms with Crippen LogP contribution in [0.4, 0.5) is 10.3 Å². The summed E-state index contributed by atoms with van der Waals surface area (Å²) in [4.78, 5) is 19.5. The Balaban J connectivity index is 2.65. The molecule has 8 nitrogen and oxygen atoms in total. The molecular weight excluding hydrogens is 437 g/mol. The lowest BCUT2D eigenvalue weighted by Crippen LogP contribution is -2.27. The second-order valence-corrected chi connectivity index (χ2v) is 9.48. The fourth-order valence-corrected chi connectivity index (χ4v) is 3.17. The van der Waals surface area contributed by atoms with E-state index < -0.39 is 27.9 Å². The van der Waals surface area contributed by atoms with E-state index >= 15 is 0 Å². The Hall–Kier alpha value is -3.11. The maximum absolute atomic E-state index is 13.5. The van der Waals surface area contributed by atoms with E-state index in [0.717, 1.165) is 16.6 Å². The average Bonchev–Trinajstić information content (AvgIpc) is 2.70. The number of halogens is 1. The molecule has 0 aliphatic carbocycles. The van der Waals surface area contributed by atoms with Crippen molar-refractivity contribution in [2.24, 2.45) is 0 Å². The van der Waals surface area contributed by atoms with E-state index in [1.54, 1.807) is 6.08 Å². The molecule has 0 bridgehead atoms. The van der Waals surface area contributed by atoms with E-state index in [2.05, 4.69) is 9.97 Å². The van der Waals surface area contributed by atoms with Crippen LogP contribution in [-0.4, -0.2) is 54.0 Å². The van der Waals surface area contributed by atoms with Crippen LogP contribution in [-0.2, 0) is 14.8 Å². The Kier molecular flexibility index (Phi) is 8.23. The van der Waals surface area contributed by atoms with Crippen molar-refractivity contribution in [3.8, 4) is 11.3 Å². The highest BCUT2D eigenvalue weighted by Crippen LogP contribution is 2.31. The third-order valence-electron chi connectivity index (χ3n) is 4.53. The van der Waals surface area contributed by atoms with Crippen molar-refractivity contribution in [1.82, 2.24) is 9.97 Å². The molecule has 2 N–H and O–H groups in total. The summed E-state index contributed by atoms with van der Waals surface area (Å²) in [6.45, 7) is 3.76. The van der Waals surface area contributed by atoms with Crippen molar-refractivity contribution >= 4 is 28.0 Å². The summed E-state index contributed by atoms with van der Waals surface area (Å²) in [5.74, 6) is -1.70. The Bertz CT molecular complexity index is 1130. The van der Waals surface area contributed by atoms with Gasteiger partial charge >= 0.3 is 5.97 Å². The van der Waals surface area contributed by atoms with Gasteiger partial charge in [-0.05, 0) is 36.6 Å². The van der Waals surface area contributed by atoms with Gasteiger partial charge in [-0.15, -0.1) is 0 Å². The van der Waals surface area contributed by atoms with E-state index in [-0.39, 0.29) is 18.3 Å². The lowest BCUT2D eigenvalue weighted by molar-refractivity contribution is -0.131. The zero-order valence-electron chi connectivity index (χ0n) is 18.2. The molecule has 172 valence electrons. The summed E-state index contributed by atoms with van der Waals surface area (Å²) in [7, 11) is -2.28. The van der Waals surface area contributed by atoms with Gasteiger partial charge in [0.25, 0.3) is 0 Å². The highest BCUT2D eigenvalue weighted by Gasteiger charge is 2.22. The van der Waals surface area contributed by atoms with Crippen LogP contribution >= 0.6 is 0 Å². The summed E-state index contributed by atoms with van der Waals surface area (Å²) in [5.41, 5.74) is 1.99. The molecule has 0 radical (unpaired) electrons. The average molecular weight is 464 g/mol. The predicted octanol–water partition coefficient (Wildman–Crippen LogP) is 3.21. The number of rotatable bonds is 9. The minimum Gasteiger partial charge on any atom is -0.478 e. The number of aliphatic hydroxyl groups excluding tert-OH is 1. The van der Waals surface area contributed by atoms with Crippen LogP contribution < -0.4 is 4.31 Å². The van der Waals surface area contributed by atoms with Crippen molar-refractivity contribution in [3.63, 3.8) is 0 Å². The number of hydrogen-bond donors (Lipinski definition) is 2. The number of carboxylic acid groups (broad SMARTS) is 1. The summed E-state index contributed by atoms with van der Waals surface area (Å²) in [6.07, 6.45) is 5.52. The first-order chi connectivity index (χ1) is 14.9. The minimum atomic E-state index is -3.63. The normalized spacial score (nSPS) is 13.2. The first-order valence-corrected chi connectivity index (χ1v) is 11.6. The number of hydrogen-bond acceptors (Lipinski definition) is 6. The zero-order chi connectivity index (χ0) is 24.1. The van der Waals surface area contributed by atoms with Crippen LogP contribution in [0.25, 0.3) is 17.3 Å². The second kappa shape index (κ2) is 10.5. The lowest BCUT2D eigenvalue weighted by atomic mass is 9.97. The molecule has 0 aliphatic rings. The largest absolute Gasteiger partial charge is 0.478 e. The molecule has 2 rings (SSSR count). The van der Waals surface area contributed by atoms with E-state index in [1.807, 2.05) is 13.8 Å². The van der Waals surface area contributed by atoms with Gasteiger partial charge in [0.05, 0.1) is 23.7 Å². The van der Waals surface area contributed by atoms with Crippen LogP contribution in [0.3, 0.4) is 0 Å². The fraction of sp³-hybridized carbons (Fsp3) is 0.318. The Labute approximate surface area is 186 Å². The molecule has 1 heterocycles. The molecule has 0 saturated heterocycles. The van der Waals surface area contributed by atoms with Crippen molar-refractivity contribution in [2.45, 2.75) is 32.3 Å². The summed E-state index contributed by atoms with van der Waals surface area (Å²) in [5, 5.41) is 18.9. The third-order valence-corrected chi connectivity index (χ3v) is 5.69. The maximum atomic E-state index is 13.5. The van der Waals surface area contributed by atoms with E-state index in [9.17, 15) is 22.7 Å². The van der Waals surface area contributed by atoms with Crippen molar-refractivity contribution in [1.29, 1.82) is 0 Å². The SMILES string of the molecule is CC(C)c1nc(N(C)S(C)(=O)=O)nc(-c2ccc(F)cc2)c1/C=C/[C@@H](O)CC=CC(=O)O. The smallest absolute Gasteiger partial charge is 0.327 e. The van der Waals surface area contributed by atoms with Crippen molar-refractivity contribution in [2.75, 3.05) is 17.6 Å². The Morgan fingerprint density at radius 2 is 1.84 bits per heavy atom. The molecule has 10 heteroatoms. The Morgan fingerprint density at radius 3 is 2.38 bits per heavy atom. The lowest BCUT2D eigenvalue weighted by Gasteiger charge is -2.20. The molecule has 32 heavy (non-hydrogen) atoms. The number of nitrogens with zero attached hydrogens (tertiary/aromatic N) is 3. The molecule has 0 spiro atoms. The van der Waals surface area contributed by atoms with Crippen molar-refractivity contribution in [3.05, 3.63) is 59.6 Å². The van der Waals surface area contributed by atoms with Crippen LogP contribution in [0.15, 0.2) is 42.5 Å². The van der Waals surface area contributed by atoms with E-state index in [1.165, 1.54) is 43.5 Å². The fourth-order valence-electron chi connectivity index (χ4n) is 2.79.